The molecule has 0 saturated carbocycles. The van der Waals surface area contributed by atoms with E-state index in [0.717, 1.165) is 49.8 Å². The van der Waals surface area contributed by atoms with Gasteiger partial charge in [0.1, 0.15) is 0 Å². The molecule has 0 amide bonds. The molecule has 0 saturated heterocycles. The van der Waals surface area contributed by atoms with Crippen LogP contribution in [0.3, 0.4) is 0 Å². The number of aryl methyl sites for hydroxylation is 3. The summed E-state index contributed by atoms with van der Waals surface area (Å²) in [5, 5.41) is 7.25. The fourth-order valence-electron chi connectivity index (χ4n) is 8.71. The van der Waals surface area contributed by atoms with Crippen LogP contribution in [-0.4, -0.2) is 26.6 Å². The van der Waals surface area contributed by atoms with Crippen LogP contribution in [0.15, 0.2) is 146 Å². The average molecular weight is 665 g/mol. The minimum Gasteiger partial charge on any atom is -0.237 e. The molecule has 0 bridgehead atoms. The molecule has 9 aromatic rings. The quantitative estimate of drug-likeness (QED) is 0.136. The highest BCUT2D eigenvalue weighted by Gasteiger charge is 2.34. The fraction of sp³-hybridized carbons (Fsp3) is 0.0638. The lowest BCUT2D eigenvalue weighted by Crippen LogP contribution is -2.55. The van der Waals surface area contributed by atoms with Crippen LogP contribution >= 0.6 is 0 Å². The van der Waals surface area contributed by atoms with E-state index in [1.807, 2.05) is 36.7 Å². The summed E-state index contributed by atoms with van der Waals surface area (Å²) in [6.45, 7) is 6.76. The van der Waals surface area contributed by atoms with E-state index < -0.39 is 0 Å². The van der Waals surface area contributed by atoms with Crippen molar-refractivity contribution >= 4 is 55.4 Å². The highest BCUT2D eigenvalue weighted by Crippen LogP contribution is 2.42. The maximum absolute atomic E-state index is 5.18. The van der Waals surface area contributed by atoms with Gasteiger partial charge in [-0.05, 0) is 77.4 Å². The third kappa shape index (κ3) is 4.70. The molecule has 0 aliphatic carbocycles. The molecular weight excluding hydrogens is 631 g/mol. The van der Waals surface area contributed by atoms with Gasteiger partial charge in [0.25, 0.3) is 0 Å². The molecule has 0 unspecified atom stereocenters. The molecule has 0 fully saturated rings. The van der Waals surface area contributed by atoms with Gasteiger partial charge in [-0.15, -0.1) is 0 Å². The predicted octanol–water partition coefficient (Wildman–Crippen LogP) is 9.15. The largest absolute Gasteiger partial charge is 0.243 e. The van der Waals surface area contributed by atoms with Crippen LogP contribution < -0.4 is 16.4 Å². The second-order valence-electron chi connectivity index (χ2n) is 14.0. The van der Waals surface area contributed by atoms with Crippen molar-refractivity contribution in [2.24, 2.45) is 0 Å². The molecular formula is C47H33BN4. The third-order valence-electron chi connectivity index (χ3n) is 10.7. The maximum Gasteiger partial charge on any atom is 0.243 e. The van der Waals surface area contributed by atoms with Gasteiger partial charge in [0.2, 0.25) is 6.71 Å². The molecule has 1 aliphatic rings. The summed E-state index contributed by atoms with van der Waals surface area (Å²) in [4.78, 5) is 20.2. The summed E-state index contributed by atoms with van der Waals surface area (Å²) in [6.07, 6.45) is 3.76. The molecule has 0 N–H and O–H groups in total. The number of hydrogen-bond acceptors (Lipinski definition) is 4. The number of benzene rings is 7. The van der Waals surface area contributed by atoms with E-state index in [4.69, 9.17) is 19.9 Å². The Kier molecular flexibility index (Phi) is 6.90. The van der Waals surface area contributed by atoms with Gasteiger partial charge in [0.05, 0.1) is 11.4 Å². The van der Waals surface area contributed by atoms with Gasteiger partial charge in [0.15, 0.2) is 11.6 Å². The molecule has 3 heterocycles. The van der Waals surface area contributed by atoms with Crippen LogP contribution in [0.25, 0.3) is 77.6 Å². The first-order valence-corrected chi connectivity index (χ1v) is 17.8. The molecule has 5 heteroatoms. The first kappa shape index (κ1) is 30.4. The normalized spacial score (nSPS) is 12.1. The molecule has 52 heavy (non-hydrogen) atoms. The van der Waals surface area contributed by atoms with Gasteiger partial charge < -0.3 is 0 Å². The Bertz CT molecular complexity index is 2700. The van der Waals surface area contributed by atoms with Crippen molar-refractivity contribution in [1.82, 2.24) is 19.9 Å². The van der Waals surface area contributed by atoms with E-state index in [1.54, 1.807) is 0 Å². The fourth-order valence-corrected chi connectivity index (χ4v) is 8.71. The molecule has 7 aromatic carbocycles. The molecule has 2 aromatic heterocycles. The van der Waals surface area contributed by atoms with E-state index in [2.05, 4.69) is 130 Å². The monoisotopic (exact) mass is 664 g/mol. The number of rotatable bonds is 5. The summed E-state index contributed by atoms with van der Waals surface area (Å²) in [5.74, 6) is 1.42. The first-order chi connectivity index (χ1) is 25.5. The van der Waals surface area contributed by atoms with E-state index >= 15 is 0 Å². The molecule has 0 atom stereocenters. The lowest BCUT2D eigenvalue weighted by molar-refractivity contribution is 1.18. The van der Waals surface area contributed by atoms with Crippen molar-refractivity contribution in [2.45, 2.75) is 20.8 Å². The Hall–Kier alpha value is -6.46. The van der Waals surface area contributed by atoms with Crippen molar-refractivity contribution in [2.75, 3.05) is 0 Å². The topological polar surface area (TPSA) is 51.6 Å². The second kappa shape index (κ2) is 11.8. The number of aromatic nitrogens is 4. The molecule has 1 aliphatic heterocycles. The minimum absolute atomic E-state index is 0.0438. The van der Waals surface area contributed by atoms with Crippen LogP contribution in [0.4, 0.5) is 0 Å². The number of nitrogens with zero attached hydrogens (tertiary/aromatic N) is 4. The molecule has 244 valence electrons. The van der Waals surface area contributed by atoms with Crippen molar-refractivity contribution < 1.29 is 0 Å². The predicted molar refractivity (Wildman–Crippen MR) is 217 cm³/mol. The van der Waals surface area contributed by atoms with E-state index in [1.165, 1.54) is 49.2 Å². The Morgan fingerprint density at radius 2 is 0.942 bits per heavy atom. The minimum atomic E-state index is 0.0438. The van der Waals surface area contributed by atoms with Crippen LogP contribution in [0, 0.1) is 20.8 Å². The Labute approximate surface area is 303 Å². The van der Waals surface area contributed by atoms with Gasteiger partial charge in [-0.2, -0.15) is 0 Å². The van der Waals surface area contributed by atoms with E-state index in [0.29, 0.717) is 11.6 Å². The average Bonchev–Trinajstić information content (AvgIpc) is 3.19. The molecule has 0 radical (unpaired) electrons. The van der Waals surface area contributed by atoms with Gasteiger partial charge in [-0.3, -0.25) is 0 Å². The van der Waals surface area contributed by atoms with Gasteiger partial charge in [0, 0.05) is 34.6 Å². The summed E-state index contributed by atoms with van der Waals surface area (Å²) in [6, 6.07) is 47.5. The maximum atomic E-state index is 5.18. The molecule has 10 rings (SSSR count). The van der Waals surface area contributed by atoms with Crippen LogP contribution in [0.1, 0.15) is 16.7 Å². The highest BCUT2D eigenvalue weighted by atomic mass is 14.9. The van der Waals surface area contributed by atoms with Crippen LogP contribution in [0.2, 0.25) is 0 Å². The SMILES string of the molecule is Cc1cc(C)c(B2c3cccc4c(-c5nccc(-c6ccccc6)n5)cc5cc(-c6nccc(-c7ccccc7)n6)c6cccc2c6c5c34)c(C)c1. The van der Waals surface area contributed by atoms with Crippen LogP contribution in [-0.2, 0) is 0 Å². The smallest absolute Gasteiger partial charge is 0.237 e. The van der Waals surface area contributed by atoms with Crippen molar-refractivity contribution in [1.29, 1.82) is 0 Å². The van der Waals surface area contributed by atoms with Gasteiger partial charge in [-0.25, -0.2) is 19.9 Å². The lowest BCUT2D eigenvalue weighted by atomic mass is 9.33. The summed E-state index contributed by atoms with van der Waals surface area (Å²) >= 11 is 0. The zero-order valence-corrected chi connectivity index (χ0v) is 29.2. The standard InChI is InChI=1S/C47H33BN4/c1-28-24-29(2)45(30(3)25-28)48-38-18-10-16-34-36(46-49-22-20-40(51-46)31-12-6-4-7-13-31)26-33-27-37(35-17-11-19-39(48)44(35)42(33)43(34)38)47-50-23-21-41(52-47)32-14-8-5-9-15-32/h4-27H,1-3H3. The summed E-state index contributed by atoms with van der Waals surface area (Å²) in [7, 11) is 0. The summed E-state index contributed by atoms with van der Waals surface area (Å²) < 4.78 is 0. The second-order valence-corrected chi connectivity index (χ2v) is 14.0. The van der Waals surface area contributed by atoms with Gasteiger partial charge >= 0.3 is 0 Å². The van der Waals surface area contributed by atoms with Gasteiger partial charge in [-0.1, -0.05) is 142 Å². The zero-order valence-electron chi connectivity index (χ0n) is 29.2. The van der Waals surface area contributed by atoms with E-state index in [-0.39, 0.29) is 6.71 Å². The Morgan fingerprint density at radius 3 is 1.42 bits per heavy atom. The Balaban J connectivity index is 1.33. The van der Waals surface area contributed by atoms with Crippen LogP contribution in [0.5, 0.6) is 0 Å². The lowest BCUT2D eigenvalue weighted by Gasteiger charge is -2.29. The zero-order chi connectivity index (χ0) is 34.9. The number of hydrogen-bond donors (Lipinski definition) is 0. The third-order valence-corrected chi connectivity index (χ3v) is 10.7. The summed E-state index contributed by atoms with van der Waals surface area (Å²) in [5.41, 5.74) is 13.9. The molecule has 4 nitrogen and oxygen atoms in total. The Morgan fingerprint density at radius 1 is 0.462 bits per heavy atom. The van der Waals surface area contributed by atoms with E-state index in [9.17, 15) is 0 Å². The highest BCUT2D eigenvalue weighted by molar-refractivity contribution is 7.00. The van der Waals surface area contributed by atoms with Crippen molar-refractivity contribution in [3.63, 3.8) is 0 Å². The van der Waals surface area contributed by atoms with Crippen molar-refractivity contribution in [3.8, 4) is 45.3 Å². The first-order valence-electron chi connectivity index (χ1n) is 17.8. The van der Waals surface area contributed by atoms with Crippen molar-refractivity contribution in [3.05, 3.63) is 163 Å². The molecule has 0 spiro atoms.